The van der Waals surface area contributed by atoms with Gasteiger partial charge in [0.05, 0.1) is 12.7 Å². The number of ether oxygens (including phenoxy) is 2. The Morgan fingerprint density at radius 2 is 2.04 bits per heavy atom. The van der Waals surface area contributed by atoms with Crippen LogP contribution in [0.1, 0.15) is 24.2 Å². The molecule has 0 aliphatic carbocycles. The number of ketones is 1. The average molecular weight is 337 g/mol. The van der Waals surface area contributed by atoms with E-state index in [9.17, 15) is 14.0 Å². The molecule has 0 unspecified atom stereocenters. The van der Waals surface area contributed by atoms with Crippen molar-refractivity contribution in [2.45, 2.75) is 13.8 Å². The minimum Gasteiger partial charge on any atom is -0.497 e. The Morgan fingerprint density at radius 1 is 1.38 bits per heavy atom. The summed E-state index contributed by atoms with van der Waals surface area (Å²) in [5, 5.41) is 10.3. The van der Waals surface area contributed by atoms with Crippen LogP contribution in [-0.4, -0.2) is 37.7 Å². The van der Waals surface area contributed by atoms with Crippen molar-refractivity contribution in [3.8, 4) is 5.75 Å². The van der Waals surface area contributed by atoms with Gasteiger partial charge in [-0.15, -0.1) is 0 Å². The number of hydrogen-bond acceptors (Lipinski definition) is 7. The van der Waals surface area contributed by atoms with Crippen molar-refractivity contribution in [2.75, 3.05) is 20.3 Å². The predicted molar refractivity (Wildman–Crippen MR) is 86.5 cm³/mol. The zero-order chi connectivity index (χ0) is 18.3. The Labute approximate surface area is 139 Å². The van der Waals surface area contributed by atoms with Gasteiger partial charge in [0, 0.05) is 18.3 Å². The quantitative estimate of drug-likeness (QED) is 0.286. The van der Waals surface area contributed by atoms with Crippen LogP contribution in [0, 0.1) is 11.2 Å². The molecule has 0 saturated carbocycles. The lowest BCUT2D eigenvalue weighted by molar-refractivity contribution is -0.137. The molecule has 1 aromatic rings. The van der Waals surface area contributed by atoms with Crippen molar-refractivity contribution >= 4 is 17.5 Å². The fourth-order valence-electron chi connectivity index (χ4n) is 1.87. The molecule has 0 spiro atoms. The molecule has 0 amide bonds. The van der Waals surface area contributed by atoms with Gasteiger partial charge >= 0.3 is 5.97 Å². The van der Waals surface area contributed by atoms with E-state index in [0.29, 0.717) is 6.54 Å². The molecule has 8 heteroatoms. The number of carbonyl (C=O) groups excluding carboxylic acids is 2. The third-order valence-corrected chi connectivity index (χ3v) is 3.03. The number of nitrogens with two attached hydrogens (primary N) is 1. The number of benzene rings is 1. The summed E-state index contributed by atoms with van der Waals surface area (Å²) in [4.78, 5) is 24.0. The van der Waals surface area contributed by atoms with Crippen LogP contribution >= 0.6 is 0 Å². The third kappa shape index (κ3) is 4.80. The lowest BCUT2D eigenvalue weighted by Gasteiger charge is -2.11. The molecule has 1 aromatic carbocycles. The Kier molecular flexibility index (Phi) is 6.91. The summed E-state index contributed by atoms with van der Waals surface area (Å²) in [6.07, 6.45) is 0. The van der Waals surface area contributed by atoms with Crippen molar-refractivity contribution < 1.29 is 23.5 Å². The van der Waals surface area contributed by atoms with Crippen LogP contribution < -0.4 is 15.8 Å². The smallest absolute Gasteiger partial charge is 0.344 e. The van der Waals surface area contributed by atoms with E-state index in [-0.39, 0.29) is 28.4 Å². The molecular formula is C16H20FN3O4. The standard InChI is InChI=1S/C16H20FN3O4/c1-4-20-15(19)14(9(2)18)16(22)24-8-13(21)11-6-5-10(23-3)7-12(11)17/h5-7,18,20H,4,8,19H2,1-3H3/b15-14+,18-9?. The van der Waals surface area contributed by atoms with Gasteiger partial charge in [-0.3, -0.25) is 4.79 Å². The third-order valence-electron chi connectivity index (χ3n) is 3.03. The van der Waals surface area contributed by atoms with E-state index in [1.807, 2.05) is 0 Å². The van der Waals surface area contributed by atoms with Gasteiger partial charge in [0.1, 0.15) is 23.0 Å². The lowest BCUT2D eigenvalue weighted by Crippen LogP contribution is -2.29. The predicted octanol–water partition coefficient (Wildman–Crippen LogP) is 1.38. The Balaban J connectivity index is 2.84. The average Bonchev–Trinajstić information content (AvgIpc) is 2.52. The van der Waals surface area contributed by atoms with Gasteiger partial charge in [0.2, 0.25) is 5.78 Å². The SMILES string of the molecule is CCN/C(N)=C(\C(C)=N)C(=O)OCC(=O)c1ccc(OC)cc1F. The number of hydrogen-bond donors (Lipinski definition) is 3. The van der Waals surface area contributed by atoms with Crippen LogP contribution in [0.3, 0.4) is 0 Å². The Morgan fingerprint density at radius 3 is 2.54 bits per heavy atom. The summed E-state index contributed by atoms with van der Waals surface area (Å²) in [5.74, 6) is -2.17. The fourth-order valence-corrected chi connectivity index (χ4v) is 1.87. The fraction of sp³-hybridized carbons (Fsp3) is 0.312. The second-order valence-electron chi connectivity index (χ2n) is 4.79. The van der Waals surface area contributed by atoms with E-state index in [1.165, 1.54) is 26.2 Å². The van der Waals surface area contributed by atoms with Gasteiger partial charge in [-0.05, 0) is 26.0 Å². The number of methoxy groups -OCH3 is 1. The number of esters is 1. The Bertz CT molecular complexity index is 686. The van der Waals surface area contributed by atoms with E-state index in [2.05, 4.69) is 5.32 Å². The maximum atomic E-state index is 13.8. The molecule has 7 nitrogen and oxygen atoms in total. The summed E-state index contributed by atoms with van der Waals surface area (Å²) in [6, 6.07) is 3.73. The van der Waals surface area contributed by atoms with Gasteiger partial charge in [0.25, 0.3) is 0 Å². The molecule has 0 aromatic heterocycles. The second kappa shape index (κ2) is 8.66. The Hall–Kier alpha value is -2.90. The molecule has 24 heavy (non-hydrogen) atoms. The van der Waals surface area contributed by atoms with E-state index >= 15 is 0 Å². The molecule has 0 atom stereocenters. The van der Waals surface area contributed by atoms with Crippen molar-refractivity contribution in [2.24, 2.45) is 5.73 Å². The molecule has 0 saturated heterocycles. The van der Waals surface area contributed by atoms with Crippen LogP contribution in [0.4, 0.5) is 4.39 Å². The van der Waals surface area contributed by atoms with Crippen molar-refractivity contribution in [1.82, 2.24) is 5.32 Å². The summed E-state index contributed by atoms with van der Waals surface area (Å²) < 4.78 is 23.5. The highest BCUT2D eigenvalue weighted by Crippen LogP contribution is 2.17. The minimum atomic E-state index is -0.928. The lowest BCUT2D eigenvalue weighted by atomic mass is 10.1. The van der Waals surface area contributed by atoms with Crippen LogP contribution in [0.5, 0.6) is 5.75 Å². The number of nitrogens with one attached hydrogen (secondary N) is 2. The molecular weight excluding hydrogens is 317 g/mol. The molecule has 0 radical (unpaired) electrons. The van der Waals surface area contributed by atoms with Crippen molar-refractivity contribution in [3.63, 3.8) is 0 Å². The normalized spacial score (nSPS) is 11.3. The summed E-state index contributed by atoms with van der Waals surface area (Å²) >= 11 is 0. The van der Waals surface area contributed by atoms with E-state index < -0.39 is 24.2 Å². The molecule has 0 heterocycles. The van der Waals surface area contributed by atoms with Crippen LogP contribution in [0.25, 0.3) is 0 Å². The maximum Gasteiger partial charge on any atom is 0.344 e. The first-order valence-electron chi connectivity index (χ1n) is 7.14. The minimum absolute atomic E-state index is 0.0157. The molecule has 0 fully saturated rings. The van der Waals surface area contributed by atoms with Gasteiger partial charge in [-0.1, -0.05) is 0 Å². The number of Topliss-reactive ketones (excluding diaryl/α,β-unsaturated/α-hetero) is 1. The summed E-state index contributed by atoms with van der Waals surface area (Å²) in [5.41, 5.74) is 5.17. The van der Waals surface area contributed by atoms with E-state index in [4.69, 9.17) is 20.6 Å². The monoisotopic (exact) mass is 337 g/mol. The van der Waals surface area contributed by atoms with Crippen molar-refractivity contribution in [3.05, 3.63) is 41.0 Å². The van der Waals surface area contributed by atoms with Crippen LogP contribution in [-0.2, 0) is 9.53 Å². The van der Waals surface area contributed by atoms with Gasteiger partial charge in [-0.25, -0.2) is 9.18 Å². The van der Waals surface area contributed by atoms with Gasteiger partial charge in [-0.2, -0.15) is 0 Å². The molecule has 1 rings (SSSR count). The second-order valence-corrected chi connectivity index (χ2v) is 4.79. The first-order chi connectivity index (χ1) is 11.3. The number of rotatable bonds is 8. The highest BCUT2D eigenvalue weighted by Gasteiger charge is 2.20. The first-order valence-corrected chi connectivity index (χ1v) is 7.14. The first kappa shape index (κ1) is 19.1. The maximum absolute atomic E-state index is 13.8. The highest BCUT2D eigenvalue weighted by atomic mass is 19.1. The largest absolute Gasteiger partial charge is 0.497 e. The molecule has 0 aliphatic rings. The van der Waals surface area contributed by atoms with E-state index in [1.54, 1.807) is 6.92 Å². The zero-order valence-electron chi connectivity index (χ0n) is 13.7. The molecule has 130 valence electrons. The van der Waals surface area contributed by atoms with Crippen LogP contribution in [0.15, 0.2) is 29.6 Å². The number of carbonyl (C=O) groups is 2. The summed E-state index contributed by atoms with van der Waals surface area (Å²) in [6.45, 7) is 2.92. The summed E-state index contributed by atoms with van der Waals surface area (Å²) in [7, 11) is 1.38. The number of halogens is 1. The molecule has 0 aliphatic heterocycles. The zero-order valence-corrected chi connectivity index (χ0v) is 13.7. The van der Waals surface area contributed by atoms with E-state index in [0.717, 1.165) is 6.07 Å². The van der Waals surface area contributed by atoms with Gasteiger partial charge in [0.15, 0.2) is 6.61 Å². The van der Waals surface area contributed by atoms with Gasteiger partial charge < -0.3 is 25.9 Å². The van der Waals surface area contributed by atoms with Crippen LogP contribution in [0.2, 0.25) is 0 Å². The van der Waals surface area contributed by atoms with Crippen molar-refractivity contribution in [1.29, 1.82) is 5.41 Å². The highest BCUT2D eigenvalue weighted by molar-refractivity contribution is 6.18. The molecule has 0 bridgehead atoms. The molecule has 4 N–H and O–H groups in total. The topological polar surface area (TPSA) is 115 Å².